The van der Waals surface area contributed by atoms with E-state index >= 15 is 0 Å². The van der Waals surface area contributed by atoms with Gasteiger partial charge >= 0.3 is 5.97 Å². The average molecular weight is 369 g/mol. The van der Waals surface area contributed by atoms with E-state index in [1.165, 1.54) is 32.4 Å². The average Bonchev–Trinajstić information content (AvgIpc) is 2.58. The van der Waals surface area contributed by atoms with Crippen molar-refractivity contribution < 1.29 is 9.53 Å². The minimum absolute atomic E-state index is 0.0890. The molecular weight excluding hydrogens is 328 g/mol. The second kappa shape index (κ2) is 13.0. The van der Waals surface area contributed by atoms with E-state index in [0.717, 1.165) is 51.3 Å². The van der Waals surface area contributed by atoms with Crippen LogP contribution in [0, 0.1) is 0 Å². The SMILES string of the molecule is CN=C(NCCCCCCC(=O)OC(C)(C)C)NCCN1CCCCC1. The minimum Gasteiger partial charge on any atom is -0.460 e. The first-order valence-electron chi connectivity index (χ1n) is 10.3. The Labute approximate surface area is 160 Å². The molecular formula is C20H40N4O2. The molecule has 0 radical (unpaired) electrons. The molecule has 0 saturated carbocycles. The molecule has 1 aliphatic rings. The first kappa shape index (κ1) is 22.7. The largest absolute Gasteiger partial charge is 0.460 e. The van der Waals surface area contributed by atoms with Crippen molar-refractivity contribution in [3.63, 3.8) is 0 Å². The highest BCUT2D eigenvalue weighted by atomic mass is 16.6. The maximum atomic E-state index is 11.6. The number of hydrogen-bond donors (Lipinski definition) is 2. The van der Waals surface area contributed by atoms with Crippen LogP contribution in [0.3, 0.4) is 0 Å². The van der Waals surface area contributed by atoms with Crippen LogP contribution in [-0.2, 0) is 9.53 Å². The zero-order chi connectivity index (χ0) is 19.3. The number of rotatable bonds is 10. The molecule has 0 spiro atoms. The Morgan fingerprint density at radius 1 is 1.00 bits per heavy atom. The number of ether oxygens (including phenoxy) is 1. The van der Waals surface area contributed by atoms with Crippen LogP contribution in [0.25, 0.3) is 0 Å². The fourth-order valence-electron chi connectivity index (χ4n) is 3.08. The summed E-state index contributed by atoms with van der Waals surface area (Å²) in [5.74, 6) is 0.796. The second-order valence-corrected chi connectivity index (χ2v) is 8.08. The van der Waals surface area contributed by atoms with E-state index in [9.17, 15) is 4.79 Å². The van der Waals surface area contributed by atoms with Gasteiger partial charge in [-0.1, -0.05) is 19.3 Å². The van der Waals surface area contributed by atoms with E-state index in [-0.39, 0.29) is 11.6 Å². The van der Waals surface area contributed by atoms with E-state index in [2.05, 4.69) is 20.5 Å². The summed E-state index contributed by atoms with van der Waals surface area (Å²) in [6.07, 6.45) is 8.72. The summed E-state index contributed by atoms with van der Waals surface area (Å²) in [6, 6.07) is 0. The molecule has 1 aliphatic heterocycles. The van der Waals surface area contributed by atoms with E-state index in [1.807, 2.05) is 27.8 Å². The first-order chi connectivity index (χ1) is 12.4. The molecule has 2 N–H and O–H groups in total. The van der Waals surface area contributed by atoms with Crippen LogP contribution in [0.4, 0.5) is 0 Å². The smallest absolute Gasteiger partial charge is 0.306 e. The van der Waals surface area contributed by atoms with Gasteiger partial charge in [0.1, 0.15) is 5.60 Å². The third kappa shape index (κ3) is 12.1. The van der Waals surface area contributed by atoms with Gasteiger partial charge in [-0.15, -0.1) is 0 Å². The lowest BCUT2D eigenvalue weighted by atomic mass is 10.1. The van der Waals surface area contributed by atoms with Crippen LogP contribution in [0.5, 0.6) is 0 Å². The Bertz CT molecular complexity index is 413. The van der Waals surface area contributed by atoms with Crippen LogP contribution in [-0.4, -0.2) is 62.2 Å². The zero-order valence-electron chi connectivity index (χ0n) is 17.4. The van der Waals surface area contributed by atoms with Gasteiger partial charge in [0.2, 0.25) is 0 Å². The number of piperidine rings is 1. The van der Waals surface area contributed by atoms with Gasteiger partial charge in [0, 0.05) is 33.1 Å². The molecule has 0 bridgehead atoms. The Hall–Kier alpha value is -1.30. The van der Waals surface area contributed by atoms with E-state index < -0.39 is 0 Å². The summed E-state index contributed by atoms with van der Waals surface area (Å²) in [4.78, 5) is 18.4. The molecule has 0 aliphatic carbocycles. The summed E-state index contributed by atoms with van der Waals surface area (Å²) < 4.78 is 5.31. The van der Waals surface area contributed by atoms with Crippen molar-refractivity contribution in [2.24, 2.45) is 4.99 Å². The highest BCUT2D eigenvalue weighted by Gasteiger charge is 2.15. The third-order valence-electron chi connectivity index (χ3n) is 4.41. The predicted molar refractivity (Wildman–Crippen MR) is 109 cm³/mol. The number of nitrogens with zero attached hydrogens (tertiary/aromatic N) is 2. The van der Waals surface area contributed by atoms with Crippen molar-refractivity contribution in [2.75, 3.05) is 39.8 Å². The number of likely N-dealkylation sites (tertiary alicyclic amines) is 1. The van der Waals surface area contributed by atoms with Crippen molar-refractivity contribution in [3.05, 3.63) is 0 Å². The van der Waals surface area contributed by atoms with Gasteiger partial charge in [-0.25, -0.2) is 0 Å². The topological polar surface area (TPSA) is 66.0 Å². The number of guanidine groups is 1. The summed E-state index contributed by atoms with van der Waals surface area (Å²) in [6.45, 7) is 11.1. The van der Waals surface area contributed by atoms with Crippen LogP contribution < -0.4 is 10.6 Å². The highest BCUT2D eigenvalue weighted by Crippen LogP contribution is 2.11. The van der Waals surface area contributed by atoms with E-state index in [0.29, 0.717) is 6.42 Å². The maximum Gasteiger partial charge on any atom is 0.306 e. The molecule has 152 valence electrons. The summed E-state index contributed by atoms with van der Waals surface area (Å²) in [5, 5.41) is 6.76. The number of hydrogen-bond acceptors (Lipinski definition) is 4. The molecule has 0 unspecified atom stereocenters. The van der Waals surface area contributed by atoms with E-state index in [4.69, 9.17) is 4.74 Å². The quantitative estimate of drug-likeness (QED) is 0.269. The number of unbranched alkanes of at least 4 members (excludes halogenated alkanes) is 3. The molecule has 0 amide bonds. The number of carbonyl (C=O) groups excluding carboxylic acids is 1. The van der Waals surface area contributed by atoms with Crippen molar-refractivity contribution in [3.8, 4) is 0 Å². The fourth-order valence-corrected chi connectivity index (χ4v) is 3.08. The number of aliphatic imine (C=N–C) groups is 1. The summed E-state index contributed by atoms with van der Waals surface area (Å²) in [7, 11) is 1.82. The van der Waals surface area contributed by atoms with Crippen LogP contribution in [0.15, 0.2) is 4.99 Å². The number of carbonyl (C=O) groups is 1. The predicted octanol–water partition coefficient (Wildman–Crippen LogP) is 2.93. The zero-order valence-corrected chi connectivity index (χ0v) is 17.4. The molecule has 0 aromatic heterocycles. The van der Waals surface area contributed by atoms with Crippen LogP contribution in [0.2, 0.25) is 0 Å². The van der Waals surface area contributed by atoms with Gasteiger partial charge in [0.05, 0.1) is 0 Å². The Morgan fingerprint density at radius 2 is 1.65 bits per heavy atom. The van der Waals surface area contributed by atoms with Crippen molar-refractivity contribution in [1.82, 2.24) is 15.5 Å². The molecule has 6 nitrogen and oxygen atoms in total. The van der Waals surface area contributed by atoms with Gasteiger partial charge in [-0.2, -0.15) is 0 Å². The van der Waals surface area contributed by atoms with Crippen molar-refractivity contribution in [2.45, 2.75) is 77.7 Å². The lowest BCUT2D eigenvalue weighted by Gasteiger charge is -2.26. The second-order valence-electron chi connectivity index (χ2n) is 8.08. The molecule has 6 heteroatoms. The molecule has 1 heterocycles. The van der Waals surface area contributed by atoms with Crippen LogP contribution in [0.1, 0.15) is 72.1 Å². The summed E-state index contributed by atoms with van der Waals surface area (Å²) in [5.41, 5.74) is -0.377. The maximum absolute atomic E-state index is 11.6. The molecule has 1 rings (SSSR count). The Kier molecular flexibility index (Phi) is 11.3. The number of nitrogens with one attached hydrogen (secondary N) is 2. The summed E-state index contributed by atoms with van der Waals surface area (Å²) >= 11 is 0. The highest BCUT2D eigenvalue weighted by molar-refractivity contribution is 5.79. The van der Waals surface area contributed by atoms with Crippen LogP contribution >= 0.6 is 0 Å². The standard InChI is InChI=1S/C20H40N4O2/c1-20(2,3)26-18(25)12-8-5-6-9-13-22-19(21-4)23-14-17-24-15-10-7-11-16-24/h5-17H2,1-4H3,(H2,21,22,23). The molecule has 0 aromatic carbocycles. The molecule has 1 saturated heterocycles. The monoisotopic (exact) mass is 368 g/mol. The lowest BCUT2D eigenvalue weighted by Crippen LogP contribution is -2.42. The molecule has 26 heavy (non-hydrogen) atoms. The van der Waals surface area contributed by atoms with Gasteiger partial charge in [-0.05, 0) is 59.5 Å². The normalized spacial score (nSPS) is 16.4. The first-order valence-corrected chi connectivity index (χ1v) is 10.3. The Balaban J connectivity index is 1.97. The molecule has 1 fully saturated rings. The van der Waals surface area contributed by atoms with Gasteiger partial charge in [0.15, 0.2) is 5.96 Å². The van der Waals surface area contributed by atoms with Gasteiger partial charge in [0.25, 0.3) is 0 Å². The van der Waals surface area contributed by atoms with Gasteiger partial charge in [-0.3, -0.25) is 9.79 Å². The van der Waals surface area contributed by atoms with Gasteiger partial charge < -0.3 is 20.3 Å². The fraction of sp³-hybridized carbons (Fsp3) is 0.900. The number of esters is 1. The van der Waals surface area contributed by atoms with E-state index in [1.54, 1.807) is 0 Å². The van der Waals surface area contributed by atoms with Crippen molar-refractivity contribution >= 4 is 11.9 Å². The minimum atomic E-state index is -0.377. The Morgan fingerprint density at radius 3 is 2.31 bits per heavy atom. The molecule has 0 atom stereocenters. The third-order valence-corrected chi connectivity index (χ3v) is 4.41. The van der Waals surface area contributed by atoms with Crippen molar-refractivity contribution in [1.29, 1.82) is 0 Å². The lowest BCUT2D eigenvalue weighted by molar-refractivity contribution is -0.154. The molecule has 0 aromatic rings.